The van der Waals surface area contributed by atoms with E-state index in [0.717, 1.165) is 24.2 Å². The summed E-state index contributed by atoms with van der Waals surface area (Å²) in [6.45, 7) is 2.03. The predicted octanol–water partition coefficient (Wildman–Crippen LogP) is 0.575. The first kappa shape index (κ1) is 13.8. The molecule has 6 heteroatoms. The van der Waals surface area contributed by atoms with Crippen LogP contribution in [0.1, 0.15) is 32.6 Å². The molecule has 4 amide bonds. The number of rotatable bonds is 3. The highest BCUT2D eigenvalue weighted by Gasteiger charge is 2.35. The molecule has 0 aromatic rings. The van der Waals surface area contributed by atoms with E-state index < -0.39 is 6.03 Å². The van der Waals surface area contributed by atoms with E-state index in [-0.39, 0.29) is 30.9 Å². The molecular formula is C13H21N3O3. The van der Waals surface area contributed by atoms with E-state index in [9.17, 15) is 14.4 Å². The van der Waals surface area contributed by atoms with Crippen LogP contribution in [0.5, 0.6) is 0 Å². The first-order chi connectivity index (χ1) is 8.99. The van der Waals surface area contributed by atoms with Gasteiger partial charge in [-0.15, -0.1) is 0 Å². The monoisotopic (exact) mass is 267 g/mol. The van der Waals surface area contributed by atoms with Gasteiger partial charge < -0.3 is 10.2 Å². The minimum absolute atomic E-state index is 0.0615. The van der Waals surface area contributed by atoms with Crippen LogP contribution in [0.15, 0.2) is 0 Å². The summed E-state index contributed by atoms with van der Waals surface area (Å²) in [6.07, 6.45) is 4.44. The van der Waals surface area contributed by atoms with E-state index in [1.807, 2.05) is 0 Å². The first-order valence-corrected chi connectivity index (χ1v) is 6.84. The maximum absolute atomic E-state index is 11.9. The molecular weight excluding hydrogens is 246 g/mol. The molecule has 0 bridgehead atoms. The normalized spacial score (nSPS) is 27.9. The molecule has 19 heavy (non-hydrogen) atoms. The van der Waals surface area contributed by atoms with Gasteiger partial charge in [-0.1, -0.05) is 19.8 Å². The highest BCUT2D eigenvalue weighted by molar-refractivity contribution is 6.04. The zero-order valence-electron chi connectivity index (χ0n) is 11.5. The quantitative estimate of drug-likeness (QED) is 0.760. The van der Waals surface area contributed by atoms with E-state index in [2.05, 4.69) is 12.2 Å². The average Bonchev–Trinajstić information content (AvgIpc) is 2.59. The smallest absolute Gasteiger partial charge is 0.327 e. The summed E-state index contributed by atoms with van der Waals surface area (Å²) in [6, 6.07) is -0.219. The summed E-state index contributed by atoms with van der Waals surface area (Å²) in [7, 11) is 1.56. The molecule has 0 unspecified atom stereocenters. The van der Waals surface area contributed by atoms with Gasteiger partial charge >= 0.3 is 6.03 Å². The van der Waals surface area contributed by atoms with Gasteiger partial charge in [-0.05, 0) is 18.8 Å². The standard InChI is InChI=1S/C13H21N3O3/c1-9-5-3-4-6-10(9)14-11(17)7-16-12(18)8-15(2)13(16)19/h9-10H,3-8H2,1-2H3,(H,14,17)/t9-,10-/m1/s1. The Hall–Kier alpha value is -1.59. The number of hydrogen-bond donors (Lipinski definition) is 1. The molecule has 2 atom stereocenters. The van der Waals surface area contributed by atoms with Crippen molar-refractivity contribution in [1.29, 1.82) is 0 Å². The van der Waals surface area contributed by atoms with Crippen molar-refractivity contribution in [2.45, 2.75) is 38.6 Å². The van der Waals surface area contributed by atoms with Crippen LogP contribution in [0.4, 0.5) is 4.79 Å². The summed E-state index contributed by atoms with van der Waals surface area (Å²) in [4.78, 5) is 37.5. The first-order valence-electron chi connectivity index (χ1n) is 6.84. The second-order valence-corrected chi connectivity index (χ2v) is 5.55. The van der Waals surface area contributed by atoms with Gasteiger partial charge in [-0.3, -0.25) is 14.5 Å². The Morgan fingerprint density at radius 1 is 1.32 bits per heavy atom. The lowest BCUT2D eigenvalue weighted by molar-refractivity contribution is -0.131. The van der Waals surface area contributed by atoms with Crippen LogP contribution in [0.2, 0.25) is 0 Å². The van der Waals surface area contributed by atoms with Crippen molar-refractivity contribution in [3.05, 3.63) is 0 Å². The molecule has 2 aliphatic rings. The number of carbonyl (C=O) groups is 3. The molecule has 2 fully saturated rings. The van der Waals surface area contributed by atoms with Gasteiger partial charge in [-0.2, -0.15) is 0 Å². The Morgan fingerprint density at radius 2 is 2.00 bits per heavy atom. The number of hydrogen-bond acceptors (Lipinski definition) is 3. The number of nitrogens with zero attached hydrogens (tertiary/aromatic N) is 2. The number of likely N-dealkylation sites (N-methyl/N-ethyl adjacent to an activating group) is 1. The zero-order chi connectivity index (χ0) is 14.0. The number of imide groups is 1. The Balaban J connectivity index is 1.87. The largest absolute Gasteiger partial charge is 0.352 e. The lowest BCUT2D eigenvalue weighted by Crippen LogP contribution is -2.47. The third kappa shape index (κ3) is 3.05. The molecule has 1 heterocycles. The second kappa shape index (κ2) is 5.59. The zero-order valence-corrected chi connectivity index (χ0v) is 11.5. The molecule has 0 spiro atoms. The maximum atomic E-state index is 11.9. The summed E-state index contributed by atoms with van der Waals surface area (Å²) in [5.74, 6) is -0.0829. The van der Waals surface area contributed by atoms with Gasteiger partial charge in [0, 0.05) is 13.1 Å². The lowest BCUT2D eigenvalue weighted by atomic mass is 9.86. The van der Waals surface area contributed by atoms with E-state index >= 15 is 0 Å². The van der Waals surface area contributed by atoms with Crippen molar-refractivity contribution in [2.24, 2.45) is 5.92 Å². The van der Waals surface area contributed by atoms with Gasteiger partial charge in [-0.25, -0.2) is 4.79 Å². The number of urea groups is 1. The minimum Gasteiger partial charge on any atom is -0.352 e. The van der Waals surface area contributed by atoms with Crippen molar-refractivity contribution in [2.75, 3.05) is 20.1 Å². The Labute approximate surface area is 113 Å². The molecule has 1 saturated heterocycles. The summed E-state index contributed by atoms with van der Waals surface area (Å²) in [5.41, 5.74) is 0. The summed E-state index contributed by atoms with van der Waals surface area (Å²) < 4.78 is 0. The number of nitrogens with one attached hydrogen (secondary N) is 1. The van der Waals surface area contributed by atoms with E-state index in [4.69, 9.17) is 0 Å². The summed E-state index contributed by atoms with van der Waals surface area (Å²) >= 11 is 0. The average molecular weight is 267 g/mol. The van der Waals surface area contributed by atoms with Crippen LogP contribution in [0.25, 0.3) is 0 Å². The van der Waals surface area contributed by atoms with Gasteiger partial charge in [0.15, 0.2) is 0 Å². The molecule has 1 aliphatic heterocycles. The maximum Gasteiger partial charge on any atom is 0.327 e. The molecule has 0 aromatic carbocycles. The van der Waals surface area contributed by atoms with Crippen molar-refractivity contribution < 1.29 is 14.4 Å². The fourth-order valence-corrected chi connectivity index (χ4v) is 2.75. The third-order valence-corrected chi connectivity index (χ3v) is 3.99. The highest BCUT2D eigenvalue weighted by atomic mass is 16.2. The van der Waals surface area contributed by atoms with Crippen LogP contribution < -0.4 is 5.32 Å². The SMILES string of the molecule is C[C@@H]1CCCC[C@H]1NC(=O)CN1C(=O)CN(C)C1=O. The van der Waals surface area contributed by atoms with Crippen molar-refractivity contribution >= 4 is 17.8 Å². The number of carbonyl (C=O) groups excluding carboxylic acids is 3. The third-order valence-electron chi connectivity index (χ3n) is 3.99. The van der Waals surface area contributed by atoms with Crippen LogP contribution in [-0.2, 0) is 9.59 Å². The molecule has 0 aromatic heterocycles. The minimum atomic E-state index is -0.392. The molecule has 0 radical (unpaired) electrons. The fourth-order valence-electron chi connectivity index (χ4n) is 2.75. The van der Waals surface area contributed by atoms with E-state index in [1.165, 1.54) is 11.3 Å². The Kier molecular flexibility index (Phi) is 4.07. The van der Waals surface area contributed by atoms with Crippen LogP contribution >= 0.6 is 0 Å². The molecule has 106 valence electrons. The van der Waals surface area contributed by atoms with Crippen LogP contribution in [0, 0.1) is 5.92 Å². The van der Waals surface area contributed by atoms with Crippen molar-refractivity contribution in [1.82, 2.24) is 15.1 Å². The van der Waals surface area contributed by atoms with Gasteiger partial charge in [0.05, 0.1) is 0 Å². The molecule has 1 aliphatic carbocycles. The molecule has 1 saturated carbocycles. The van der Waals surface area contributed by atoms with Crippen LogP contribution in [0.3, 0.4) is 0 Å². The van der Waals surface area contributed by atoms with Crippen molar-refractivity contribution in [3.8, 4) is 0 Å². The van der Waals surface area contributed by atoms with Crippen LogP contribution in [-0.4, -0.2) is 53.8 Å². The van der Waals surface area contributed by atoms with Gasteiger partial charge in [0.2, 0.25) is 5.91 Å². The van der Waals surface area contributed by atoms with E-state index in [1.54, 1.807) is 7.05 Å². The predicted molar refractivity (Wildman–Crippen MR) is 69.3 cm³/mol. The van der Waals surface area contributed by atoms with Gasteiger partial charge in [0.25, 0.3) is 5.91 Å². The molecule has 6 nitrogen and oxygen atoms in total. The Bertz CT molecular complexity index is 397. The van der Waals surface area contributed by atoms with Crippen molar-refractivity contribution in [3.63, 3.8) is 0 Å². The molecule has 2 rings (SSSR count). The Morgan fingerprint density at radius 3 is 2.58 bits per heavy atom. The van der Waals surface area contributed by atoms with E-state index in [0.29, 0.717) is 5.92 Å². The summed E-state index contributed by atoms with van der Waals surface area (Å²) in [5, 5.41) is 2.95. The molecule has 1 N–H and O–H groups in total. The lowest BCUT2D eigenvalue weighted by Gasteiger charge is -2.29. The highest BCUT2D eigenvalue weighted by Crippen LogP contribution is 2.23. The topological polar surface area (TPSA) is 69.7 Å². The second-order valence-electron chi connectivity index (χ2n) is 5.55. The number of amides is 4. The fraction of sp³-hybridized carbons (Fsp3) is 0.769. The van der Waals surface area contributed by atoms with Gasteiger partial charge in [0.1, 0.15) is 13.1 Å².